The summed E-state index contributed by atoms with van der Waals surface area (Å²) < 4.78 is 19.0. The van der Waals surface area contributed by atoms with Gasteiger partial charge in [0.2, 0.25) is 0 Å². The molecule has 0 heterocycles. The topological polar surface area (TPSA) is 29.5 Å². The van der Waals surface area contributed by atoms with Crippen molar-refractivity contribution in [3.63, 3.8) is 0 Å². The van der Waals surface area contributed by atoms with E-state index in [1.807, 2.05) is 25.1 Å². The largest absolute Gasteiger partial charge is 0.488 e. The van der Waals surface area contributed by atoms with Crippen LogP contribution in [-0.2, 0) is 6.61 Å². The van der Waals surface area contributed by atoms with E-state index in [2.05, 4.69) is 0 Å². The second-order valence-corrected chi connectivity index (χ2v) is 5.10. The van der Waals surface area contributed by atoms with E-state index in [1.165, 1.54) is 6.07 Å². The van der Waals surface area contributed by atoms with Gasteiger partial charge in [0.05, 0.1) is 11.1 Å². The summed E-state index contributed by atoms with van der Waals surface area (Å²) in [5, 5.41) is 9.79. The molecule has 4 heteroatoms. The molecule has 0 aliphatic carbocycles. The zero-order valence-electron chi connectivity index (χ0n) is 11.4. The minimum atomic E-state index is -0.631. The van der Waals surface area contributed by atoms with Gasteiger partial charge in [-0.3, -0.25) is 0 Å². The van der Waals surface area contributed by atoms with Crippen molar-refractivity contribution < 1.29 is 14.2 Å². The molecule has 0 amide bonds. The third kappa shape index (κ3) is 3.30. The van der Waals surface area contributed by atoms with Crippen molar-refractivity contribution in [3.05, 3.63) is 63.9 Å². The highest BCUT2D eigenvalue weighted by atomic mass is 35.5. The van der Waals surface area contributed by atoms with Crippen LogP contribution in [0.5, 0.6) is 5.75 Å². The van der Waals surface area contributed by atoms with Gasteiger partial charge in [0.15, 0.2) is 0 Å². The molecule has 2 rings (SSSR count). The van der Waals surface area contributed by atoms with Crippen LogP contribution in [0.15, 0.2) is 36.4 Å². The Labute approximate surface area is 122 Å². The smallest absolute Gasteiger partial charge is 0.142 e. The van der Waals surface area contributed by atoms with Crippen molar-refractivity contribution >= 4 is 11.6 Å². The van der Waals surface area contributed by atoms with E-state index >= 15 is 0 Å². The molecule has 2 aromatic rings. The molecular formula is C16H16ClFO2. The van der Waals surface area contributed by atoms with Crippen molar-refractivity contribution in [2.45, 2.75) is 26.6 Å². The number of hydrogen-bond donors (Lipinski definition) is 1. The van der Waals surface area contributed by atoms with Crippen molar-refractivity contribution in [3.8, 4) is 5.75 Å². The quantitative estimate of drug-likeness (QED) is 0.904. The Morgan fingerprint density at radius 1 is 1.30 bits per heavy atom. The van der Waals surface area contributed by atoms with Crippen LogP contribution in [0.1, 0.15) is 29.7 Å². The lowest BCUT2D eigenvalue weighted by Crippen LogP contribution is -2.02. The van der Waals surface area contributed by atoms with Crippen LogP contribution in [0.3, 0.4) is 0 Å². The second kappa shape index (κ2) is 6.25. The predicted octanol–water partition coefficient (Wildman–Crippen LogP) is 4.42. The molecule has 0 unspecified atom stereocenters. The highest BCUT2D eigenvalue weighted by molar-refractivity contribution is 6.31. The lowest BCUT2D eigenvalue weighted by atomic mass is 10.1. The summed E-state index contributed by atoms with van der Waals surface area (Å²) in [5.74, 6) is 0.119. The number of halogens is 2. The van der Waals surface area contributed by atoms with Gasteiger partial charge >= 0.3 is 0 Å². The minimum Gasteiger partial charge on any atom is -0.488 e. The first kappa shape index (κ1) is 14.8. The van der Waals surface area contributed by atoms with E-state index in [4.69, 9.17) is 16.3 Å². The molecule has 1 atom stereocenters. The van der Waals surface area contributed by atoms with E-state index in [1.54, 1.807) is 19.1 Å². The Kier molecular flexibility index (Phi) is 4.63. The average Bonchev–Trinajstić information content (AvgIpc) is 2.40. The molecular weight excluding hydrogens is 279 g/mol. The first-order valence-corrected chi connectivity index (χ1v) is 6.71. The zero-order valence-corrected chi connectivity index (χ0v) is 12.1. The summed E-state index contributed by atoms with van der Waals surface area (Å²) >= 11 is 5.89. The summed E-state index contributed by atoms with van der Waals surface area (Å²) in [6, 6.07) is 10.2. The number of hydrogen-bond acceptors (Lipinski definition) is 2. The molecule has 0 aromatic heterocycles. The lowest BCUT2D eigenvalue weighted by Gasteiger charge is -2.15. The van der Waals surface area contributed by atoms with E-state index in [9.17, 15) is 9.50 Å². The van der Waals surface area contributed by atoms with Crippen LogP contribution in [-0.4, -0.2) is 5.11 Å². The summed E-state index contributed by atoms with van der Waals surface area (Å²) in [7, 11) is 0. The van der Waals surface area contributed by atoms with Crippen LogP contribution in [0.25, 0.3) is 0 Å². The maximum Gasteiger partial charge on any atom is 0.142 e. The van der Waals surface area contributed by atoms with Crippen LogP contribution >= 0.6 is 11.6 Å². The van der Waals surface area contributed by atoms with Crippen molar-refractivity contribution in [1.82, 2.24) is 0 Å². The normalized spacial score (nSPS) is 12.2. The summed E-state index contributed by atoms with van der Waals surface area (Å²) in [4.78, 5) is 0. The Morgan fingerprint density at radius 2 is 2.05 bits per heavy atom. The first-order chi connectivity index (χ1) is 9.49. The average molecular weight is 295 g/mol. The number of aliphatic hydroxyl groups is 1. The third-order valence-electron chi connectivity index (χ3n) is 3.03. The van der Waals surface area contributed by atoms with E-state index < -0.39 is 11.9 Å². The molecule has 0 fully saturated rings. The fourth-order valence-electron chi connectivity index (χ4n) is 1.93. The Balaban J connectivity index is 2.22. The van der Waals surface area contributed by atoms with Gasteiger partial charge in [0, 0.05) is 11.1 Å². The molecule has 0 aliphatic rings. The monoisotopic (exact) mass is 294 g/mol. The molecule has 0 radical (unpaired) electrons. The number of rotatable bonds is 4. The molecule has 20 heavy (non-hydrogen) atoms. The second-order valence-electron chi connectivity index (χ2n) is 4.72. The van der Waals surface area contributed by atoms with Crippen molar-refractivity contribution in [2.24, 2.45) is 0 Å². The summed E-state index contributed by atoms with van der Waals surface area (Å²) in [6.45, 7) is 3.76. The molecule has 2 aromatic carbocycles. The number of benzene rings is 2. The summed E-state index contributed by atoms with van der Waals surface area (Å²) in [6.07, 6.45) is -0.631. The molecule has 1 N–H and O–H groups in total. The van der Waals surface area contributed by atoms with Gasteiger partial charge in [0.25, 0.3) is 0 Å². The van der Waals surface area contributed by atoms with Crippen molar-refractivity contribution in [1.29, 1.82) is 0 Å². The molecule has 0 bridgehead atoms. The Bertz CT molecular complexity index is 611. The molecule has 0 aliphatic heterocycles. The number of aliphatic hydroxyl groups excluding tert-OH is 1. The van der Waals surface area contributed by atoms with Crippen LogP contribution in [0, 0.1) is 12.7 Å². The van der Waals surface area contributed by atoms with E-state index in [0.29, 0.717) is 16.9 Å². The van der Waals surface area contributed by atoms with Gasteiger partial charge in [-0.05, 0) is 31.5 Å². The molecule has 106 valence electrons. The predicted molar refractivity (Wildman–Crippen MR) is 77.6 cm³/mol. The zero-order chi connectivity index (χ0) is 14.7. The molecule has 0 saturated heterocycles. The summed E-state index contributed by atoms with van der Waals surface area (Å²) in [5.41, 5.74) is 2.29. The molecule has 0 saturated carbocycles. The highest BCUT2D eigenvalue weighted by Gasteiger charge is 2.11. The highest BCUT2D eigenvalue weighted by Crippen LogP contribution is 2.28. The maximum atomic E-state index is 13.3. The van der Waals surface area contributed by atoms with Crippen LogP contribution < -0.4 is 4.74 Å². The van der Waals surface area contributed by atoms with Gasteiger partial charge in [0.1, 0.15) is 18.2 Å². The third-order valence-corrected chi connectivity index (χ3v) is 3.46. The maximum absolute atomic E-state index is 13.3. The SMILES string of the molecule is Cc1ccc([C@@H](C)O)c(OCc2cccc(F)c2Cl)c1. The number of ether oxygens (including phenoxy) is 1. The molecule has 2 nitrogen and oxygen atoms in total. The van der Waals surface area contributed by atoms with Gasteiger partial charge in [-0.2, -0.15) is 0 Å². The van der Waals surface area contributed by atoms with Crippen LogP contribution in [0.4, 0.5) is 4.39 Å². The molecule has 0 spiro atoms. The number of aryl methyl sites for hydroxylation is 1. The van der Waals surface area contributed by atoms with E-state index in [0.717, 1.165) is 5.56 Å². The fourth-order valence-corrected chi connectivity index (χ4v) is 2.11. The van der Waals surface area contributed by atoms with Crippen LogP contribution in [0.2, 0.25) is 5.02 Å². The van der Waals surface area contributed by atoms with E-state index in [-0.39, 0.29) is 11.6 Å². The fraction of sp³-hybridized carbons (Fsp3) is 0.250. The minimum absolute atomic E-state index is 0.0683. The Hall–Kier alpha value is -1.58. The van der Waals surface area contributed by atoms with Gasteiger partial charge in [-0.1, -0.05) is 35.9 Å². The van der Waals surface area contributed by atoms with Crippen molar-refractivity contribution in [2.75, 3.05) is 0 Å². The van der Waals surface area contributed by atoms with Gasteiger partial charge < -0.3 is 9.84 Å². The Morgan fingerprint density at radius 3 is 2.75 bits per heavy atom. The van der Waals surface area contributed by atoms with Gasteiger partial charge in [-0.25, -0.2) is 4.39 Å². The lowest BCUT2D eigenvalue weighted by molar-refractivity contribution is 0.190. The standard InChI is InChI=1S/C16H16ClFO2/c1-10-6-7-13(11(2)19)15(8-10)20-9-12-4-3-5-14(18)16(12)17/h3-8,11,19H,9H2,1-2H3/t11-/m1/s1. The first-order valence-electron chi connectivity index (χ1n) is 6.33. The van der Waals surface area contributed by atoms with Gasteiger partial charge in [-0.15, -0.1) is 0 Å².